The number of carbonyl (C=O) groups is 2. The summed E-state index contributed by atoms with van der Waals surface area (Å²) < 4.78 is 10.7. The number of amides is 2. The Balaban J connectivity index is 1.81. The minimum atomic E-state index is -0.588. The van der Waals surface area contributed by atoms with Crippen molar-refractivity contribution in [1.29, 1.82) is 0 Å². The Kier molecular flexibility index (Phi) is 5.35. The van der Waals surface area contributed by atoms with Crippen LogP contribution >= 0.6 is 0 Å². The highest BCUT2D eigenvalue weighted by molar-refractivity contribution is 6.02. The van der Waals surface area contributed by atoms with Crippen molar-refractivity contribution < 1.29 is 23.7 Å². The van der Waals surface area contributed by atoms with Crippen LogP contribution in [0.4, 0.5) is 17.1 Å². The standard InChI is InChI=1S/C19H15N3O6/c1-12(23)20-13-4-6-16(7-5-13)28-17-10-14(9-15(11-17)22(25)26)21-19(24)18-3-2-8-27-18/h2-11H,1H3,(H,20,23)(H,21,24). The molecule has 0 aliphatic rings. The lowest BCUT2D eigenvalue weighted by Crippen LogP contribution is -2.11. The van der Waals surface area contributed by atoms with Gasteiger partial charge >= 0.3 is 0 Å². The van der Waals surface area contributed by atoms with E-state index in [-0.39, 0.29) is 28.8 Å². The number of nitrogens with zero attached hydrogens (tertiary/aromatic N) is 1. The number of anilines is 2. The van der Waals surface area contributed by atoms with Gasteiger partial charge in [0, 0.05) is 24.7 Å². The lowest BCUT2D eigenvalue weighted by molar-refractivity contribution is -0.384. The third-order valence-electron chi connectivity index (χ3n) is 3.52. The second-order valence-electron chi connectivity index (χ2n) is 5.71. The van der Waals surface area contributed by atoms with Crippen molar-refractivity contribution in [3.8, 4) is 11.5 Å². The zero-order valence-corrected chi connectivity index (χ0v) is 14.7. The molecule has 0 saturated carbocycles. The molecule has 2 N–H and O–H groups in total. The fourth-order valence-electron chi connectivity index (χ4n) is 2.37. The largest absolute Gasteiger partial charge is 0.459 e. The molecule has 0 atom stereocenters. The smallest absolute Gasteiger partial charge is 0.291 e. The number of hydrogen-bond donors (Lipinski definition) is 2. The zero-order chi connectivity index (χ0) is 20.1. The first-order valence-electron chi connectivity index (χ1n) is 8.10. The monoisotopic (exact) mass is 381 g/mol. The van der Waals surface area contributed by atoms with E-state index in [0.29, 0.717) is 11.4 Å². The molecule has 0 radical (unpaired) electrons. The van der Waals surface area contributed by atoms with E-state index in [1.54, 1.807) is 30.3 Å². The Bertz CT molecular complexity index is 1010. The summed E-state index contributed by atoms with van der Waals surface area (Å²) in [5.41, 5.74) is 0.521. The molecule has 0 aliphatic carbocycles. The summed E-state index contributed by atoms with van der Waals surface area (Å²) in [5.74, 6) is -0.114. The van der Waals surface area contributed by atoms with Gasteiger partial charge in [-0.25, -0.2) is 0 Å². The van der Waals surface area contributed by atoms with Gasteiger partial charge in [-0.1, -0.05) is 0 Å². The van der Waals surface area contributed by atoms with Crippen LogP contribution in [-0.4, -0.2) is 16.7 Å². The summed E-state index contributed by atoms with van der Waals surface area (Å²) in [5, 5.41) is 16.4. The number of ether oxygens (including phenoxy) is 1. The number of nitrogens with one attached hydrogen (secondary N) is 2. The number of nitro groups is 1. The highest BCUT2D eigenvalue weighted by Crippen LogP contribution is 2.30. The summed E-state index contributed by atoms with van der Waals surface area (Å²) in [6.07, 6.45) is 1.35. The Morgan fingerprint density at radius 1 is 1.00 bits per heavy atom. The fraction of sp³-hybridized carbons (Fsp3) is 0.0526. The predicted octanol–water partition coefficient (Wildman–Crippen LogP) is 4.19. The van der Waals surface area contributed by atoms with Crippen LogP contribution in [0.2, 0.25) is 0 Å². The highest BCUT2D eigenvalue weighted by atomic mass is 16.6. The van der Waals surface area contributed by atoms with E-state index in [0.717, 1.165) is 0 Å². The molecule has 2 aromatic carbocycles. The van der Waals surface area contributed by atoms with Gasteiger partial charge in [-0.3, -0.25) is 19.7 Å². The SMILES string of the molecule is CC(=O)Nc1ccc(Oc2cc(NC(=O)c3ccco3)cc([N+](=O)[O-])c2)cc1. The normalized spacial score (nSPS) is 10.2. The molecule has 2 amide bonds. The van der Waals surface area contributed by atoms with Crippen LogP contribution in [0.25, 0.3) is 0 Å². The number of hydrogen-bond acceptors (Lipinski definition) is 6. The molecule has 3 aromatic rings. The maximum absolute atomic E-state index is 12.1. The molecular weight excluding hydrogens is 366 g/mol. The number of non-ortho nitro benzene ring substituents is 1. The van der Waals surface area contributed by atoms with Crippen molar-refractivity contribution >= 4 is 28.9 Å². The van der Waals surface area contributed by atoms with Crippen molar-refractivity contribution in [3.05, 3.63) is 76.7 Å². The topological polar surface area (TPSA) is 124 Å². The van der Waals surface area contributed by atoms with E-state index in [2.05, 4.69) is 10.6 Å². The number of rotatable bonds is 6. The van der Waals surface area contributed by atoms with Crippen LogP contribution in [-0.2, 0) is 4.79 Å². The summed E-state index contributed by atoms with van der Waals surface area (Å²) in [6.45, 7) is 1.39. The molecular formula is C19H15N3O6. The fourth-order valence-corrected chi connectivity index (χ4v) is 2.37. The Morgan fingerprint density at radius 3 is 2.36 bits per heavy atom. The molecule has 3 rings (SSSR count). The quantitative estimate of drug-likeness (QED) is 0.487. The third kappa shape index (κ3) is 4.73. The molecule has 9 nitrogen and oxygen atoms in total. The molecule has 0 saturated heterocycles. The first-order valence-corrected chi connectivity index (χ1v) is 8.10. The third-order valence-corrected chi connectivity index (χ3v) is 3.52. The van der Waals surface area contributed by atoms with E-state index in [1.165, 1.54) is 37.5 Å². The van der Waals surface area contributed by atoms with E-state index < -0.39 is 10.8 Å². The summed E-state index contributed by atoms with van der Waals surface area (Å²) in [7, 11) is 0. The number of carbonyl (C=O) groups excluding carboxylic acids is 2. The molecule has 0 bridgehead atoms. The molecule has 1 heterocycles. The number of nitro benzene ring substituents is 1. The van der Waals surface area contributed by atoms with Crippen molar-refractivity contribution in [2.75, 3.05) is 10.6 Å². The maximum atomic E-state index is 12.1. The van der Waals surface area contributed by atoms with Crippen molar-refractivity contribution in [2.24, 2.45) is 0 Å². The van der Waals surface area contributed by atoms with Gasteiger partial charge in [0.2, 0.25) is 5.91 Å². The van der Waals surface area contributed by atoms with E-state index in [1.807, 2.05) is 0 Å². The van der Waals surface area contributed by atoms with Gasteiger partial charge < -0.3 is 19.8 Å². The van der Waals surface area contributed by atoms with Crippen LogP contribution in [0.3, 0.4) is 0 Å². The molecule has 1 aromatic heterocycles. The zero-order valence-electron chi connectivity index (χ0n) is 14.7. The average Bonchev–Trinajstić information content (AvgIpc) is 3.17. The van der Waals surface area contributed by atoms with E-state index in [4.69, 9.17) is 9.15 Å². The Morgan fingerprint density at radius 2 is 1.75 bits per heavy atom. The van der Waals surface area contributed by atoms with E-state index in [9.17, 15) is 19.7 Å². The van der Waals surface area contributed by atoms with Crippen LogP contribution in [0, 0.1) is 10.1 Å². The minimum Gasteiger partial charge on any atom is -0.459 e. The molecule has 9 heteroatoms. The molecule has 0 fully saturated rings. The van der Waals surface area contributed by atoms with Gasteiger partial charge in [-0.2, -0.15) is 0 Å². The van der Waals surface area contributed by atoms with Crippen molar-refractivity contribution in [3.63, 3.8) is 0 Å². The molecule has 0 spiro atoms. The summed E-state index contributed by atoms with van der Waals surface area (Å²) >= 11 is 0. The number of benzene rings is 2. The lowest BCUT2D eigenvalue weighted by Gasteiger charge is -2.10. The van der Waals surface area contributed by atoms with Gasteiger partial charge in [-0.15, -0.1) is 0 Å². The molecule has 142 valence electrons. The van der Waals surface area contributed by atoms with Gasteiger partial charge in [0.25, 0.3) is 11.6 Å². The van der Waals surface area contributed by atoms with Crippen molar-refractivity contribution in [1.82, 2.24) is 0 Å². The molecule has 0 aliphatic heterocycles. The van der Waals surface area contributed by atoms with Gasteiger partial charge in [-0.05, 0) is 36.4 Å². The second-order valence-corrected chi connectivity index (χ2v) is 5.71. The summed E-state index contributed by atoms with van der Waals surface area (Å²) in [4.78, 5) is 33.8. The maximum Gasteiger partial charge on any atom is 0.291 e. The van der Waals surface area contributed by atoms with Gasteiger partial charge in [0.1, 0.15) is 11.5 Å². The van der Waals surface area contributed by atoms with Crippen molar-refractivity contribution in [2.45, 2.75) is 6.92 Å². The van der Waals surface area contributed by atoms with Gasteiger partial charge in [0.05, 0.1) is 22.9 Å². The highest BCUT2D eigenvalue weighted by Gasteiger charge is 2.15. The molecule has 28 heavy (non-hydrogen) atoms. The minimum absolute atomic E-state index is 0.0718. The average molecular weight is 381 g/mol. The first kappa shape index (κ1) is 18.6. The van der Waals surface area contributed by atoms with E-state index >= 15 is 0 Å². The van der Waals surface area contributed by atoms with Crippen LogP contribution in [0.15, 0.2) is 65.3 Å². The van der Waals surface area contributed by atoms with Crippen LogP contribution in [0.1, 0.15) is 17.5 Å². The van der Waals surface area contributed by atoms with Gasteiger partial charge in [0.15, 0.2) is 5.76 Å². The Hall–Kier alpha value is -4.14. The Labute approximate surface area is 159 Å². The first-order chi connectivity index (χ1) is 13.4. The second kappa shape index (κ2) is 8.04. The number of furan rings is 1. The predicted molar refractivity (Wildman–Crippen MR) is 101 cm³/mol. The lowest BCUT2D eigenvalue weighted by atomic mass is 10.2. The van der Waals surface area contributed by atoms with Crippen LogP contribution < -0.4 is 15.4 Å². The van der Waals surface area contributed by atoms with Crippen LogP contribution in [0.5, 0.6) is 11.5 Å². The molecule has 0 unspecified atom stereocenters. The summed E-state index contributed by atoms with van der Waals surface area (Å²) in [6, 6.07) is 13.4.